The predicted molar refractivity (Wildman–Crippen MR) is 52.1 cm³/mol. The van der Waals surface area contributed by atoms with Gasteiger partial charge in [0, 0.05) is 8.07 Å². The van der Waals surface area contributed by atoms with Gasteiger partial charge >= 0.3 is 0 Å². The molecule has 0 N–H and O–H groups in total. The van der Waals surface area contributed by atoms with E-state index in [4.69, 9.17) is 0 Å². The van der Waals surface area contributed by atoms with E-state index in [1.165, 1.54) is 11.6 Å². The summed E-state index contributed by atoms with van der Waals surface area (Å²) in [7, 11) is -0.874. The molecule has 0 rings (SSSR count). The fourth-order valence-corrected chi connectivity index (χ4v) is 2.89. The van der Waals surface area contributed by atoms with Gasteiger partial charge in [-0.25, -0.2) is 0 Å². The van der Waals surface area contributed by atoms with Crippen molar-refractivity contribution >= 4 is 8.07 Å². The molecule has 0 heterocycles. The van der Waals surface area contributed by atoms with Crippen LogP contribution in [0.1, 0.15) is 6.92 Å². The molecule has 0 bridgehead atoms. The second kappa shape index (κ2) is 3.77. The van der Waals surface area contributed by atoms with Gasteiger partial charge in [0.25, 0.3) is 0 Å². The van der Waals surface area contributed by atoms with Gasteiger partial charge in [-0.15, -0.1) is 0 Å². The molecule has 1 heteroatoms. The molecular formula is C9H18Si. The van der Waals surface area contributed by atoms with Crippen LogP contribution >= 0.6 is 0 Å². The Morgan fingerprint density at radius 2 is 1.90 bits per heavy atom. The van der Waals surface area contributed by atoms with Gasteiger partial charge in [0.1, 0.15) is 0 Å². The van der Waals surface area contributed by atoms with Crippen molar-refractivity contribution in [1.82, 2.24) is 0 Å². The summed E-state index contributed by atoms with van der Waals surface area (Å²) in [6.07, 6.45) is 3.98. The van der Waals surface area contributed by atoms with Crippen LogP contribution < -0.4 is 0 Å². The Morgan fingerprint density at radius 3 is 2.20 bits per heavy atom. The Bertz CT molecular complexity index is 137. The molecule has 0 nitrogen and oxygen atoms in total. The standard InChI is InChI=1S/C9H18Si/c1-6-7-9(2)8-10(3,4)5/h6-7H,1,8H2,2-5H3/b9-7-. The molecule has 10 heavy (non-hydrogen) atoms. The van der Waals surface area contributed by atoms with E-state index < -0.39 is 8.07 Å². The number of rotatable bonds is 3. The van der Waals surface area contributed by atoms with E-state index in [1.54, 1.807) is 0 Å². The molecule has 0 radical (unpaired) electrons. The first-order chi connectivity index (χ1) is 4.45. The van der Waals surface area contributed by atoms with E-state index in [9.17, 15) is 0 Å². The molecule has 58 valence electrons. The van der Waals surface area contributed by atoms with E-state index in [0.29, 0.717) is 0 Å². The van der Waals surface area contributed by atoms with Crippen molar-refractivity contribution in [3.05, 3.63) is 24.3 Å². The molecule has 0 aromatic carbocycles. The largest absolute Gasteiger partial charge is 0.0991 e. The van der Waals surface area contributed by atoms with Gasteiger partial charge in [-0.3, -0.25) is 0 Å². The second-order valence-corrected chi connectivity index (χ2v) is 9.46. The van der Waals surface area contributed by atoms with Crippen LogP contribution in [-0.2, 0) is 0 Å². The monoisotopic (exact) mass is 154 g/mol. The summed E-state index contributed by atoms with van der Waals surface area (Å²) in [5, 5.41) is 0. The highest BCUT2D eigenvalue weighted by Gasteiger charge is 2.12. The van der Waals surface area contributed by atoms with Crippen LogP contribution in [0.4, 0.5) is 0 Å². The van der Waals surface area contributed by atoms with Gasteiger partial charge in [0.2, 0.25) is 0 Å². The summed E-state index contributed by atoms with van der Waals surface area (Å²) >= 11 is 0. The summed E-state index contributed by atoms with van der Waals surface area (Å²) in [4.78, 5) is 0. The molecule has 0 saturated heterocycles. The van der Waals surface area contributed by atoms with Crippen LogP contribution in [0, 0.1) is 0 Å². The summed E-state index contributed by atoms with van der Waals surface area (Å²) in [5.74, 6) is 0. The van der Waals surface area contributed by atoms with Crippen LogP contribution in [0.2, 0.25) is 25.7 Å². The van der Waals surface area contributed by atoms with Crippen molar-refractivity contribution in [2.45, 2.75) is 32.6 Å². The third-order valence-corrected chi connectivity index (χ3v) is 2.83. The maximum absolute atomic E-state index is 3.67. The number of hydrogen-bond acceptors (Lipinski definition) is 0. The van der Waals surface area contributed by atoms with Crippen molar-refractivity contribution in [2.24, 2.45) is 0 Å². The molecule has 0 aliphatic rings. The molecule has 0 amide bonds. The number of hydrogen-bond donors (Lipinski definition) is 0. The summed E-state index contributed by atoms with van der Waals surface area (Å²) < 4.78 is 0. The molecule has 0 aromatic rings. The quantitative estimate of drug-likeness (QED) is 0.431. The second-order valence-electron chi connectivity index (χ2n) is 3.99. The van der Waals surface area contributed by atoms with Crippen molar-refractivity contribution in [1.29, 1.82) is 0 Å². The van der Waals surface area contributed by atoms with E-state index in [1.807, 2.05) is 6.08 Å². The van der Waals surface area contributed by atoms with Gasteiger partial charge in [-0.1, -0.05) is 43.9 Å². The zero-order chi connectivity index (χ0) is 8.20. The lowest BCUT2D eigenvalue weighted by atomic mass is 10.3. The molecular weight excluding hydrogens is 136 g/mol. The Kier molecular flexibility index (Phi) is 3.65. The van der Waals surface area contributed by atoms with E-state index in [-0.39, 0.29) is 0 Å². The van der Waals surface area contributed by atoms with Gasteiger partial charge in [-0.2, -0.15) is 0 Å². The van der Waals surface area contributed by atoms with Crippen molar-refractivity contribution in [3.63, 3.8) is 0 Å². The highest BCUT2D eigenvalue weighted by molar-refractivity contribution is 6.76. The summed E-state index contributed by atoms with van der Waals surface area (Å²) in [6.45, 7) is 13.0. The fourth-order valence-electron chi connectivity index (χ4n) is 1.10. The minimum atomic E-state index is -0.874. The minimum Gasteiger partial charge on any atom is -0.0991 e. The lowest BCUT2D eigenvalue weighted by Gasteiger charge is -2.15. The Hall–Kier alpha value is -0.303. The van der Waals surface area contributed by atoms with Gasteiger partial charge in [0.15, 0.2) is 0 Å². The first-order valence-corrected chi connectivity index (χ1v) is 7.44. The third-order valence-electron chi connectivity index (χ3n) is 1.21. The molecule has 0 spiro atoms. The van der Waals surface area contributed by atoms with Crippen molar-refractivity contribution in [2.75, 3.05) is 0 Å². The Balaban J connectivity index is 3.91. The van der Waals surface area contributed by atoms with E-state index in [2.05, 4.69) is 39.2 Å². The highest BCUT2D eigenvalue weighted by atomic mass is 28.3. The average molecular weight is 154 g/mol. The third kappa shape index (κ3) is 5.83. The normalized spacial score (nSPS) is 13.4. The fraction of sp³-hybridized carbons (Fsp3) is 0.556. The van der Waals surface area contributed by atoms with Crippen molar-refractivity contribution in [3.8, 4) is 0 Å². The van der Waals surface area contributed by atoms with Crippen LogP contribution in [0.3, 0.4) is 0 Å². The summed E-state index contributed by atoms with van der Waals surface area (Å²) in [6, 6.07) is 1.29. The molecule has 0 fully saturated rings. The summed E-state index contributed by atoms with van der Waals surface area (Å²) in [5.41, 5.74) is 1.47. The smallest absolute Gasteiger partial charge is 0.0483 e. The SMILES string of the molecule is C=C/C=C(/C)C[Si](C)(C)C. The molecule has 0 saturated carbocycles. The maximum atomic E-state index is 3.67. The molecule has 0 aromatic heterocycles. The van der Waals surface area contributed by atoms with E-state index in [0.717, 1.165) is 0 Å². The minimum absolute atomic E-state index is 0.874. The molecule has 0 atom stereocenters. The van der Waals surface area contributed by atoms with Gasteiger partial charge < -0.3 is 0 Å². The van der Waals surface area contributed by atoms with Crippen LogP contribution in [-0.4, -0.2) is 8.07 Å². The Morgan fingerprint density at radius 1 is 1.40 bits per heavy atom. The molecule has 0 unspecified atom stereocenters. The van der Waals surface area contributed by atoms with Crippen LogP contribution in [0.25, 0.3) is 0 Å². The van der Waals surface area contributed by atoms with Gasteiger partial charge in [-0.05, 0) is 13.0 Å². The van der Waals surface area contributed by atoms with Crippen LogP contribution in [0.15, 0.2) is 24.3 Å². The first kappa shape index (κ1) is 9.70. The zero-order valence-corrected chi connectivity index (χ0v) is 8.57. The lowest BCUT2D eigenvalue weighted by molar-refractivity contribution is 1.31. The molecule has 0 aliphatic carbocycles. The highest BCUT2D eigenvalue weighted by Crippen LogP contribution is 2.14. The Labute approximate surface area is 65.7 Å². The van der Waals surface area contributed by atoms with Gasteiger partial charge in [0.05, 0.1) is 0 Å². The number of allylic oxidation sites excluding steroid dienone is 3. The van der Waals surface area contributed by atoms with Crippen molar-refractivity contribution < 1.29 is 0 Å². The molecule has 0 aliphatic heterocycles. The lowest BCUT2D eigenvalue weighted by Crippen LogP contribution is -2.19. The van der Waals surface area contributed by atoms with E-state index >= 15 is 0 Å². The van der Waals surface area contributed by atoms with Crippen LogP contribution in [0.5, 0.6) is 0 Å². The predicted octanol–water partition coefficient (Wildman–Crippen LogP) is 3.46. The first-order valence-electron chi connectivity index (χ1n) is 3.74. The topological polar surface area (TPSA) is 0 Å². The average Bonchev–Trinajstić information content (AvgIpc) is 1.59. The zero-order valence-electron chi connectivity index (χ0n) is 7.57. The maximum Gasteiger partial charge on any atom is 0.0483 e.